The van der Waals surface area contributed by atoms with E-state index in [1.807, 2.05) is 6.20 Å². The van der Waals surface area contributed by atoms with E-state index in [1.165, 1.54) is 60.6 Å². The van der Waals surface area contributed by atoms with Crippen LogP contribution in [0.15, 0.2) is 47.3 Å². The summed E-state index contributed by atoms with van der Waals surface area (Å²) in [5.74, 6) is 2.01. The number of aromatic nitrogens is 3. The zero-order valence-corrected chi connectivity index (χ0v) is 18.2. The summed E-state index contributed by atoms with van der Waals surface area (Å²) in [6, 6.07) is 2.60. The van der Waals surface area contributed by atoms with Crippen LogP contribution in [0.25, 0.3) is 0 Å². The van der Waals surface area contributed by atoms with Crippen LogP contribution in [0.4, 0.5) is 13.2 Å². The Bertz CT molecular complexity index is 961. The van der Waals surface area contributed by atoms with E-state index in [1.54, 1.807) is 0 Å². The van der Waals surface area contributed by atoms with Crippen molar-refractivity contribution in [2.45, 2.75) is 83.2 Å². The van der Waals surface area contributed by atoms with Crippen LogP contribution in [0.1, 0.15) is 93.4 Å². The van der Waals surface area contributed by atoms with Gasteiger partial charge < -0.3 is 4.98 Å². The van der Waals surface area contributed by atoms with Crippen molar-refractivity contribution < 1.29 is 13.2 Å². The Morgan fingerprint density at radius 1 is 1.00 bits per heavy atom. The lowest BCUT2D eigenvalue weighted by Gasteiger charge is -2.24. The molecule has 31 heavy (non-hydrogen) atoms. The molecule has 0 amide bonds. The smallest absolute Gasteiger partial charge is 0.345 e. The van der Waals surface area contributed by atoms with Gasteiger partial charge in [0, 0.05) is 35.6 Å². The highest BCUT2D eigenvalue weighted by molar-refractivity contribution is 5.41. The quantitative estimate of drug-likeness (QED) is 0.544. The number of allylic oxidation sites excluding steroid dienone is 4. The highest BCUT2D eigenvalue weighted by Gasteiger charge is 2.30. The molecule has 1 unspecified atom stereocenters. The molecule has 0 aliphatic heterocycles. The molecule has 1 N–H and O–H groups in total. The van der Waals surface area contributed by atoms with Gasteiger partial charge in [0.15, 0.2) is 0 Å². The summed E-state index contributed by atoms with van der Waals surface area (Å²) in [5, 5.41) is 0. The number of nitrogens with zero attached hydrogens (tertiary/aromatic N) is 2. The molecule has 1 saturated carbocycles. The van der Waals surface area contributed by atoms with Gasteiger partial charge in [0.1, 0.15) is 5.82 Å². The van der Waals surface area contributed by atoms with Gasteiger partial charge in [-0.1, -0.05) is 36.5 Å². The summed E-state index contributed by atoms with van der Waals surface area (Å²) < 4.78 is 38.2. The van der Waals surface area contributed by atoms with E-state index in [-0.39, 0.29) is 0 Å². The molecule has 0 bridgehead atoms. The second kappa shape index (κ2) is 9.01. The molecule has 4 rings (SSSR count). The standard InChI is InChI=1S/C25H30F3N3/c1-16-12-19(23-15-30-24(31-23)18-6-4-3-5-7-18)13-17(2)22(16)11-10-21-9-8-20(14-29-21)25(26,27)28/h8-9,12,14-15,18-19H,3-7,10-11,13H2,1-2H3,(H,30,31). The number of hydrogen-bond acceptors (Lipinski definition) is 2. The number of alkyl halides is 3. The van der Waals surface area contributed by atoms with Crippen molar-refractivity contribution in [2.75, 3.05) is 0 Å². The summed E-state index contributed by atoms with van der Waals surface area (Å²) >= 11 is 0. The highest BCUT2D eigenvalue weighted by Crippen LogP contribution is 2.37. The first-order valence-corrected chi connectivity index (χ1v) is 11.3. The van der Waals surface area contributed by atoms with E-state index in [2.05, 4.69) is 29.9 Å². The van der Waals surface area contributed by atoms with Gasteiger partial charge in [-0.25, -0.2) is 4.98 Å². The van der Waals surface area contributed by atoms with E-state index in [4.69, 9.17) is 4.98 Å². The summed E-state index contributed by atoms with van der Waals surface area (Å²) in [6.45, 7) is 4.29. The van der Waals surface area contributed by atoms with Crippen LogP contribution < -0.4 is 0 Å². The van der Waals surface area contributed by atoms with Crippen molar-refractivity contribution in [3.05, 3.63) is 70.1 Å². The summed E-state index contributed by atoms with van der Waals surface area (Å²) in [7, 11) is 0. The summed E-state index contributed by atoms with van der Waals surface area (Å²) in [6.07, 6.45) is 9.65. The zero-order valence-electron chi connectivity index (χ0n) is 18.2. The lowest BCUT2D eigenvalue weighted by molar-refractivity contribution is -0.137. The first-order valence-electron chi connectivity index (χ1n) is 11.3. The first kappa shape index (κ1) is 21.8. The highest BCUT2D eigenvalue weighted by atomic mass is 19.4. The van der Waals surface area contributed by atoms with Gasteiger partial charge >= 0.3 is 6.18 Å². The van der Waals surface area contributed by atoms with Gasteiger partial charge in [0.2, 0.25) is 0 Å². The zero-order chi connectivity index (χ0) is 22.0. The number of halogens is 3. The van der Waals surface area contributed by atoms with Gasteiger partial charge in [-0.3, -0.25) is 4.98 Å². The van der Waals surface area contributed by atoms with Gasteiger partial charge in [0.25, 0.3) is 0 Å². The van der Waals surface area contributed by atoms with E-state index in [9.17, 15) is 13.2 Å². The second-order valence-corrected chi connectivity index (χ2v) is 9.01. The fraction of sp³-hybridized carbons (Fsp3) is 0.520. The number of aromatic amines is 1. The molecule has 2 aromatic heterocycles. The molecule has 0 aromatic carbocycles. The average molecular weight is 430 g/mol. The van der Waals surface area contributed by atoms with Crippen LogP contribution in [0.3, 0.4) is 0 Å². The van der Waals surface area contributed by atoms with E-state index >= 15 is 0 Å². The van der Waals surface area contributed by atoms with Crippen LogP contribution in [-0.2, 0) is 12.6 Å². The number of aryl methyl sites for hydroxylation is 1. The molecule has 2 aliphatic carbocycles. The van der Waals surface area contributed by atoms with Crippen molar-refractivity contribution in [3.63, 3.8) is 0 Å². The van der Waals surface area contributed by atoms with E-state index < -0.39 is 11.7 Å². The van der Waals surface area contributed by atoms with Crippen LogP contribution in [-0.4, -0.2) is 15.0 Å². The average Bonchev–Trinajstić information content (AvgIpc) is 3.24. The molecule has 166 valence electrons. The normalized spacial score (nSPS) is 20.8. The Morgan fingerprint density at radius 3 is 2.42 bits per heavy atom. The van der Waals surface area contributed by atoms with Crippen molar-refractivity contribution in [1.29, 1.82) is 0 Å². The van der Waals surface area contributed by atoms with E-state index in [0.717, 1.165) is 30.9 Å². The van der Waals surface area contributed by atoms with Crippen molar-refractivity contribution >= 4 is 0 Å². The fourth-order valence-corrected chi connectivity index (χ4v) is 4.98. The molecular formula is C25H30F3N3. The molecule has 2 aliphatic rings. The van der Waals surface area contributed by atoms with Gasteiger partial charge in [-0.15, -0.1) is 0 Å². The molecule has 3 nitrogen and oxygen atoms in total. The number of pyridine rings is 1. The Labute approximate surface area is 181 Å². The number of rotatable bonds is 5. The molecule has 2 heterocycles. The molecule has 1 fully saturated rings. The third-order valence-electron chi connectivity index (χ3n) is 6.76. The minimum absolute atomic E-state index is 0.304. The third kappa shape index (κ3) is 5.10. The van der Waals surface area contributed by atoms with Crippen LogP contribution in [0.2, 0.25) is 0 Å². The Morgan fingerprint density at radius 2 is 1.77 bits per heavy atom. The molecular weight excluding hydrogens is 399 g/mol. The predicted octanol–water partition coefficient (Wildman–Crippen LogP) is 7.25. The molecule has 0 radical (unpaired) electrons. The Kier molecular flexibility index (Phi) is 6.35. The van der Waals surface area contributed by atoms with Crippen LogP contribution in [0, 0.1) is 0 Å². The lowest BCUT2D eigenvalue weighted by atomic mass is 9.82. The summed E-state index contributed by atoms with van der Waals surface area (Å²) in [4.78, 5) is 12.3. The fourth-order valence-electron chi connectivity index (χ4n) is 4.98. The van der Waals surface area contributed by atoms with E-state index in [0.29, 0.717) is 24.0 Å². The summed E-state index contributed by atoms with van der Waals surface area (Å²) in [5.41, 5.74) is 5.05. The van der Waals surface area contributed by atoms with Crippen molar-refractivity contribution in [3.8, 4) is 0 Å². The molecule has 6 heteroatoms. The van der Waals surface area contributed by atoms with Gasteiger partial charge in [0.05, 0.1) is 5.56 Å². The third-order valence-corrected chi connectivity index (χ3v) is 6.76. The monoisotopic (exact) mass is 429 g/mol. The predicted molar refractivity (Wildman–Crippen MR) is 116 cm³/mol. The molecule has 0 saturated heterocycles. The molecule has 2 aromatic rings. The Hall–Kier alpha value is -2.37. The van der Waals surface area contributed by atoms with Crippen LogP contribution >= 0.6 is 0 Å². The lowest BCUT2D eigenvalue weighted by Crippen LogP contribution is -2.09. The van der Waals surface area contributed by atoms with Crippen molar-refractivity contribution in [1.82, 2.24) is 15.0 Å². The Balaban J connectivity index is 1.40. The minimum atomic E-state index is -4.34. The SMILES string of the molecule is CC1=CC(c2cnc(C3CCCCC3)[nH]2)CC(C)=C1CCc1ccc(C(F)(F)F)cn1. The molecule has 0 spiro atoms. The number of hydrogen-bond donors (Lipinski definition) is 1. The van der Waals surface area contributed by atoms with Gasteiger partial charge in [-0.2, -0.15) is 13.2 Å². The maximum Gasteiger partial charge on any atom is 0.417 e. The number of imidazole rings is 1. The topological polar surface area (TPSA) is 41.6 Å². The minimum Gasteiger partial charge on any atom is -0.345 e. The maximum absolute atomic E-state index is 12.7. The van der Waals surface area contributed by atoms with Crippen LogP contribution in [0.5, 0.6) is 0 Å². The van der Waals surface area contributed by atoms with Crippen molar-refractivity contribution in [2.24, 2.45) is 0 Å². The first-order chi connectivity index (χ1) is 14.8. The number of nitrogens with one attached hydrogen (secondary N) is 1. The number of H-pyrrole nitrogens is 1. The second-order valence-electron chi connectivity index (χ2n) is 9.01. The van der Waals surface area contributed by atoms with Gasteiger partial charge in [-0.05, 0) is 63.7 Å². The maximum atomic E-state index is 12.7. The molecule has 1 atom stereocenters. The largest absolute Gasteiger partial charge is 0.417 e.